The minimum Gasteiger partial charge on any atom is -0.447 e. The molecule has 0 atom stereocenters. The summed E-state index contributed by atoms with van der Waals surface area (Å²) in [7, 11) is -4.31. The molecule has 0 saturated heterocycles. The Balaban J connectivity index is 2.54. The number of nitrogens with one attached hydrogen (secondary N) is 1. The number of aryl methyl sites for hydroxylation is 1. The molecule has 96 valence electrons. The molecule has 2 N–H and O–H groups in total. The first-order chi connectivity index (χ1) is 7.79. The van der Waals surface area contributed by atoms with Crippen molar-refractivity contribution in [2.24, 2.45) is 0 Å². The average Bonchev–Trinajstić information content (AvgIpc) is 2.61. The summed E-state index contributed by atoms with van der Waals surface area (Å²) in [6.45, 7) is 3.70. The largest absolute Gasteiger partial charge is 0.447 e. The van der Waals surface area contributed by atoms with Crippen LogP contribution >= 0.6 is 0 Å². The van der Waals surface area contributed by atoms with Gasteiger partial charge < -0.3 is 9.73 Å². The predicted molar refractivity (Wildman–Crippen MR) is 60.1 cm³/mol. The SMILES string of the molecule is CC(C)NC(=O)CCc1ccc(S(=O)(=O)O)o1. The maximum atomic E-state index is 11.3. The van der Waals surface area contributed by atoms with E-state index in [1.54, 1.807) is 0 Å². The molecule has 0 aliphatic rings. The summed E-state index contributed by atoms with van der Waals surface area (Å²) in [5, 5.41) is 2.20. The van der Waals surface area contributed by atoms with Crippen molar-refractivity contribution in [3.63, 3.8) is 0 Å². The monoisotopic (exact) mass is 261 g/mol. The number of carbonyl (C=O) groups excluding carboxylic acids is 1. The molecule has 0 aliphatic carbocycles. The highest BCUT2D eigenvalue weighted by Crippen LogP contribution is 2.14. The first-order valence-corrected chi connectivity index (χ1v) is 6.58. The first-order valence-electron chi connectivity index (χ1n) is 5.14. The molecule has 0 unspecified atom stereocenters. The lowest BCUT2D eigenvalue weighted by atomic mass is 10.2. The van der Waals surface area contributed by atoms with Crippen molar-refractivity contribution in [1.29, 1.82) is 0 Å². The fourth-order valence-electron chi connectivity index (χ4n) is 1.26. The summed E-state index contributed by atoms with van der Waals surface area (Å²) < 4.78 is 35.0. The van der Waals surface area contributed by atoms with Crippen molar-refractivity contribution >= 4 is 16.0 Å². The molecule has 0 fully saturated rings. The molecule has 0 aromatic carbocycles. The highest BCUT2D eigenvalue weighted by atomic mass is 32.2. The fraction of sp³-hybridized carbons (Fsp3) is 0.500. The fourth-order valence-corrected chi connectivity index (χ4v) is 1.71. The standard InChI is InChI=1S/C10H15NO5S/c1-7(2)11-9(12)5-3-8-4-6-10(16-8)17(13,14)15/h4,6-7H,3,5H2,1-2H3,(H,11,12)(H,13,14,15). The molecule has 1 amide bonds. The number of amides is 1. The van der Waals surface area contributed by atoms with Crippen LogP contribution in [0.5, 0.6) is 0 Å². The Morgan fingerprint density at radius 2 is 2.12 bits per heavy atom. The molecule has 0 aliphatic heterocycles. The summed E-state index contributed by atoms with van der Waals surface area (Å²) in [4.78, 5) is 11.3. The lowest BCUT2D eigenvalue weighted by molar-refractivity contribution is -0.121. The molecule has 1 aromatic heterocycles. The van der Waals surface area contributed by atoms with Gasteiger partial charge in [-0.15, -0.1) is 0 Å². The van der Waals surface area contributed by atoms with Gasteiger partial charge in [-0.3, -0.25) is 9.35 Å². The molecule has 0 bridgehead atoms. The summed E-state index contributed by atoms with van der Waals surface area (Å²) in [5.74, 6) is 0.210. The third-order valence-corrected chi connectivity index (χ3v) is 2.67. The Kier molecular flexibility index (Phi) is 4.30. The Bertz CT molecular complexity index is 489. The number of hydrogen-bond acceptors (Lipinski definition) is 4. The Hall–Kier alpha value is -1.34. The number of hydrogen-bond donors (Lipinski definition) is 2. The van der Waals surface area contributed by atoms with E-state index in [1.165, 1.54) is 6.07 Å². The van der Waals surface area contributed by atoms with Crippen molar-refractivity contribution in [2.75, 3.05) is 0 Å². The van der Waals surface area contributed by atoms with Crippen LogP contribution in [0.4, 0.5) is 0 Å². The van der Waals surface area contributed by atoms with Crippen LogP contribution < -0.4 is 5.32 Å². The average molecular weight is 261 g/mol. The van der Waals surface area contributed by atoms with Gasteiger partial charge in [0, 0.05) is 18.9 Å². The highest BCUT2D eigenvalue weighted by molar-refractivity contribution is 7.85. The van der Waals surface area contributed by atoms with Gasteiger partial charge in [0.15, 0.2) is 0 Å². The van der Waals surface area contributed by atoms with Crippen LogP contribution in [0, 0.1) is 0 Å². The zero-order chi connectivity index (χ0) is 13.1. The van der Waals surface area contributed by atoms with Gasteiger partial charge in [-0.1, -0.05) is 0 Å². The maximum absolute atomic E-state index is 11.3. The zero-order valence-electron chi connectivity index (χ0n) is 9.63. The second kappa shape index (κ2) is 5.33. The van der Waals surface area contributed by atoms with Gasteiger partial charge in [-0.2, -0.15) is 8.42 Å². The molecular formula is C10H15NO5S. The zero-order valence-corrected chi connectivity index (χ0v) is 10.5. The highest BCUT2D eigenvalue weighted by Gasteiger charge is 2.15. The van der Waals surface area contributed by atoms with Gasteiger partial charge >= 0.3 is 10.1 Å². The van der Waals surface area contributed by atoms with Crippen LogP contribution in [0.2, 0.25) is 0 Å². The van der Waals surface area contributed by atoms with E-state index in [9.17, 15) is 13.2 Å². The van der Waals surface area contributed by atoms with Crippen LogP contribution in [0.25, 0.3) is 0 Å². The maximum Gasteiger partial charge on any atom is 0.328 e. The van der Waals surface area contributed by atoms with Crippen LogP contribution in [0.15, 0.2) is 21.6 Å². The van der Waals surface area contributed by atoms with Crippen molar-refractivity contribution in [1.82, 2.24) is 5.32 Å². The van der Waals surface area contributed by atoms with Gasteiger partial charge in [-0.25, -0.2) is 0 Å². The molecule has 0 spiro atoms. The lowest BCUT2D eigenvalue weighted by Gasteiger charge is -2.06. The second-order valence-electron chi connectivity index (χ2n) is 3.92. The molecular weight excluding hydrogens is 246 g/mol. The van der Waals surface area contributed by atoms with Crippen molar-refractivity contribution in [3.8, 4) is 0 Å². The van der Waals surface area contributed by atoms with E-state index in [0.29, 0.717) is 5.76 Å². The molecule has 6 nitrogen and oxygen atoms in total. The van der Waals surface area contributed by atoms with Gasteiger partial charge in [0.2, 0.25) is 11.0 Å². The molecule has 0 radical (unpaired) electrons. The van der Waals surface area contributed by atoms with Crippen molar-refractivity contribution in [3.05, 3.63) is 17.9 Å². The van der Waals surface area contributed by atoms with Gasteiger partial charge in [0.25, 0.3) is 0 Å². The Morgan fingerprint density at radius 3 is 2.59 bits per heavy atom. The van der Waals surface area contributed by atoms with Crippen LogP contribution in [-0.4, -0.2) is 24.9 Å². The summed E-state index contributed by atoms with van der Waals surface area (Å²) >= 11 is 0. The summed E-state index contributed by atoms with van der Waals surface area (Å²) in [5.41, 5.74) is 0. The van der Waals surface area contributed by atoms with Crippen molar-refractivity contribution < 1.29 is 22.2 Å². The normalized spacial score (nSPS) is 11.8. The Morgan fingerprint density at radius 1 is 1.47 bits per heavy atom. The van der Waals surface area contributed by atoms with Crippen LogP contribution in [0.1, 0.15) is 26.0 Å². The molecule has 17 heavy (non-hydrogen) atoms. The van der Waals surface area contributed by atoms with Crippen LogP contribution in [-0.2, 0) is 21.3 Å². The van der Waals surface area contributed by atoms with E-state index in [1.807, 2.05) is 13.8 Å². The minimum absolute atomic E-state index is 0.0625. The molecule has 0 saturated carbocycles. The predicted octanol–water partition coefficient (Wildman–Crippen LogP) is 0.984. The topological polar surface area (TPSA) is 96.6 Å². The van der Waals surface area contributed by atoms with E-state index >= 15 is 0 Å². The number of furan rings is 1. The van der Waals surface area contributed by atoms with E-state index in [-0.39, 0.29) is 24.8 Å². The molecule has 1 aromatic rings. The lowest BCUT2D eigenvalue weighted by Crippen LogP contribution is -2.30. The van der Waals surface area contributed by atoms with Crippen molar-refractivity contribution in [2.45, 2.75) is 37.8 Å². The summed E-state index contributed by atoms with van der Waals surface area (Å²) in [6.07, 6.45) is 0.491. The van der Waals surface area contributed by atoms with E-state index < -0.39 is 15.2 Å². The van der Waals surface area contributed by atoms with Gasteiger partial charge in [0.05, 0.1) is 0 Å². The van der Waals surface area contributed by atoms with E-state index in [0.717, 1.165) is 6.07 Å². The first kappa shape index (κ1) is 13.7. The quantitative estimate of drug-likeness (QED) is 0.770. The summed E-state index contributed by atoms with van der Waals surface area (Å²) in [6, 6.07) is 2.64. The van der Waals surface area contributed by atoms with Crippen LogP contribution in [0.3, 0.4) is 0 Å². The van der Waals surface area contributed by atoms with E-state index in [2.05, 4.69) is 5.32 Å². The van der Waals surface area contributed by atoms with Gasteiger partial charge in [-0.05, 0) is 26.0 Å². The third-order valence-electron chi connectivity index (χ3n) is 1.94. The molecule has 1 rings (SSSR count). The number of carbonyl (C=O) groups is 1. The number of rotatable bonds is 5. The second-order valence-corrected chi connectivity index (χ2v) is 5.27. The smallest absolute Gasteiger partial charge is 0.328 e. The molecule has 1 heterocycles. The molecule has 7 heteroatoms. The van der Waals surface area contributed by atoms with Gasteiger partial charge in [0.1, 0.15) is 5.76 Å². The minimum atomic E-state index is -4.31. The van der Waals surface area contributed by atoms with E-state index in [4.69, 9.17) is 8.97 Å². The third kappa shape index (κ3) is 4.58. The Labute approximate surface area is 99.8 Å².